The summed E-state index contributed by atoms with van der Waals surface area (Å²) in [6, 6.07) is 4.23. The van der Waals surface area contributed by atoms with Gasteiger partial charge in [-0.3, -0.25) is 4.79 Å². The second kappa shape index (κ2) is 7.97. The molecule has 0 aromatic carbocycles. The highest BCUT2D eigenvalue weighted by atomic mass is 16.5. The van der Waals surface area contributed by atoms with E-state index in [2.05, 4.69) is 17.2 Å². The van der Waals surface area contributed by atoms with Gasteiger partial charge in [0.25, 0.3) is 5.91 Å². The highest BCUT2D eigenvalue weighted by Crippen LogP contribution is 2.23. The largest absolute Gasteiger partial charge is 0.381 e. The van der Waals surface area contributed by atoms with Crippen LogP contribution in [0.15, 0.2) is 18.3 Å². The average Bonchev–Trinajstić information content (AvgIpc) is 2.62. The van der Waals surface area contributed by atoms with Crippen LogP contribution in [0.1, 0.15) is 55.8 Å². The zero-order chi connectivity index (χ0) is 16.9. The van der Waals surface area contributed by atoms with Crippen LogP contribution in [0.4, 0.5) is 5.82 Å². The van der Waals surface area contributed by atoms with E-state index in [4.69, 9.17) is 4.74 Å². The van der Waals surface area contributed by atoms with Gasteiger partial charge >= 0.3 is 0 Å². The quantitative estimate of drug-likeness (QED) is 0.919. The van der Waals surface area contributed by atoms with E-state index < -0.39 is 0 Å². The minimum atomic E-state index is 0.109. The summed E-state index contributed by atoms with van der Waals surface area (Å²) in [5.41, 5.74) is 0.688. The predicted molar refractivity (Wildman–Crippen MR) is 95.2 cm³/mol. The number of methoxy groups -OCH3 is 1. The van der Waals surface area contributed by atoms with Crippen LogP contribution in [0.3, 0.4) is 0 Å². The Kier molecular flexibility index (Phi) is 5.72. The molecule has 1 amide bonds. The molecule has 2 aliphatic rings. The number of ether oxygens (including phenoxy) is 1. The van der Waals surface area contributed by atoms with Gasteiger partial charge in [0, 0.05) is 32.4 Å². The third-order valence-corrected chi connectivity index (χ3v) is 5.39. The third-order valence-electron chi connectivity index (χ3n) is 5.39. The summed E-state index contributed by atoms with van der Waals surface area (Å²) in [5, 5.41) is 3.48. The van der Waals surface area contributed by atoms with Gasteiger partial charge in [-0.2, -0.15) is 0 Å². The smallest absolute Gasteiger partial charge is 0.255 e. The number of likely N-dealkylation sites (tertiary alicyclic amines) is 1. The van der Waals surface area contributed by atoms with Gasteiger partial charge in [-0.25, -0.2) is 4.98 Å². The van der Waals surface area contributed by atoms with Crippen LogP contribution in [0.5, 0.6) is 0 Å². The molecule has 2 unspecified atom stereocenters. The van der Waals surface area contributed by atoms with E-state index in [1.807, 2.05) is 17.0 Å². The molecule has 1 aromatic rings. The lowest BCUT2D eigenvalue weighted by atomic mass is 9.93. The second-order valence-corrected chi connectivity index (χ2v) is 7.27. The number of amides is 1. The Hall–Kier alpha value is -1.62. The number of carbonyl (C=O) groups is 1. The summed E-state index contributed by atoms with van der Waals surface area (Å²) < 4.78 is 5.47. The highest BCUT2D eigenvalue weighted by molar-refractivity contribution is 5.94. The summed E-state index contributed by atoms with van der Waals surface area (Å²) in [4.78, 5) is 18.9. The van der Waals surface area contributed by atoms with Crippen molar-refractivity contribution in [2.45, 2.75) is 57.6 Å². The summed E-state index contributed by atoms with van der Waals surface area (Å²) in [5.74, 6) is 1.68. The van der Waals surface area contributed by atoms with Crippen LogP contribution in [0, 0.1) is 5.92 Å². The molecule has 0 radical (unpaired) electrons. The lowest BCUT2D eigenvalue weighted by Gasteiger charge is -2.30. The molecule has 2 heterocycles. The number of nitrogens with one attached hydrogen (secondary N) is 1. The highest BCUT2D eigenvalue weighted by Gasteiger charge is 2.23. The first-order valence-electron chi connectivity index (χ1n) is 9.20. The van der Waals surface area contributed by atoms with Crippen LogP contribution in [0.25, 0.3) is 0 Å². The molecule has 5 heteroatoms. The van der Waals surface area contributed by atoms with Gasteiger partial charge in [0.05, 0.1) is 11.7 Å². The van der Waals surface area contributed by atoms with E-state index in [9.17, 15) is 4.79 Å². The summed E-state index contributed by atoms with van der Waals surface area (Å²) in [6.07, 6.45) is 8.74. The molecule has 1 saturated carbocycles. The van der Waals surface area contributed by atoms with Crippen molar-refractivity contribution >= 4 is 11.7 Å². The molecule has 1 aliphatic carbocycles. The number of hydrogen-bond donors (Lipinski definition) is 1. The van der Waals surface area contributed by atoms with Crippen LogP contribution in [0.2, 0.25) is 0 Å². The number of rotatable bonds is 4. The number of pyridine rings is 1. The van der Waals surface area contributed by atoms with Crippen molar-refractivity contribution in [3.05, 3.63) is 23.9 Å². The zero-order valence-corrected chi connectivity index (χ0v) is 14.8. The van der Waals surface area contributed by atoms with E-state index >= 15 is 0 Å². The molecule has 1 aromatic heterocycles. The van der Waals surface area contributed by atoms with Crippen molar-refractivity contribution in [3.63, 3.8) is 0 Å². The molecule has 1 N–H and O–H groups in total. The van der Waals surface area contributed by atoms with E-state index in [0.29, 0.717) is 17.7 Å². The standard InChI is InChI=1S/C19H29N3O2/c1-14-8-10-22(11-9-14)19(23)15-6-7-18(20-13-15)21-16-4-3-5-17(12-16)24-2/h6-7,13-14,16-17H,3-5,8-12H2,1-2H3,(H,20,21). The number of aromatic nitrogens is 1. The van der Waals surface area contributed by atoms with Crippen molar-refractivity contribution in [1.29, 1.82) is 0 Å². The van der Waals surface area contributed by atoms with Crippen molar-refractivity contribution in [2.75, 3.05) is 25.5 Å². The maximum atomic E-state index is 12.5. The topological polar surface area (TPSA) is 54.5 Å². The molecule has 1 saturated heterocycles. The minimum absolute atomic E-state index is 0.109. The minimum Gasteiger partial charge on any atom is -0.381 e. The molecule has 132 valence electrons. The molecule has 5 nitrogen and oxygen atoms in total. The third kappa shape index (κ3) is 4.26. The summed E-state index contributed by atoms with van der Waals surface area (Å²) in [6.45, 7) is 3.98. The Morgan fingerprint density at radius 1 is 1.25 bits per heavy atom. The fraction of sp³-hybridized carbons (Fsp3) is 0.684. The molecule has 24 heavy (non-hydrogen) atoms. The number of nitrogens with zero attached hydrogens (tertiary/aromatic N) is 2. The fourth-order valence-corrected chi connectivity index (χ4v) is 3.70. The monoisotopic (exact) mass is 331 g/mol. The average molecular weight is 331 g/mol. The fourth-order valence-electron chi connectivity index (χ4n) is 3.70. The van der Waals surface area contributed by atoms with Gasteiger partial charge in [0.2, 0.25) is 0 Å². The van der Waals surface area contributed by atoms with E-state index in [-0.39, 0.29) is 5.91 Å². The number of anilines is 1. The zero-order valence-electron chi connectivity index (χ0n) is 14.8. The van der Waals surface area contributed by atoms with Crippen molar-refractivity contribution in [2.24, 2.45) is 5.92 Å². The molecule has 2 fully saturated rings. The lowest BCUT2D eigenvalue weighted by molar-refractivity contribution is 0.0669. The Bertz CT molecular complexity index is 538. The van der Waals surface area contributed by atoms with Crippen molar-refractivity contribution in [3.8, 4) is 0 Å². The first-order valence-corrected chi connectivity index (χ1v) is 9.20. The van der Waals surface area contributed by atoms with Gasteiger partial charge < -0.3 is 15.0 Å². The first-order chi connectivity index (χ1) is 11.7. The Morgan fingerprint density at radius 2 is 2.04 bits per heavy atom. The molecule has 2 atom stereocenters. The molecule has 0 bridgehead atoms. The molecule has 0 spiro atoms. The second-order valence-electron chi connectivity index (χ2n) is 7.27. The SMILES string of the molecule is COC1CCCC(Nc2ccc(C(=O)N3CCC(C)CC3)cn2)C1. The maximum Gasteiger partial charge on any atom is 0.255 e. The lowest BCUT2D eigenvalue weighted by Crippen LogP contribution is -2.38. The summed E-state index contributed by atoms with van der Waals surface area (Å²) in [7, 11) is 1.78. The first kappa shape index (κ1) is 17.2. The van der Waals surface area contributed by atoms with Crippen molar-refractivity contribution in [1.82, 2.24) is 9.88 Å². The Morgan fingerprint density at radius 3 is 2.71 bits per heavy atom. The van der Waals surface area contributed by atoms with E-state index in [1.54, 1.807) is 13.3 Å². The Labute approximate surface area is 144 Å². The maximum absolute atomic E-state index is 12.5. The Balaban J connectivity index is 1.56. The van der Waals surface area contributed by atoms with E-state index in [0.717, 1.165) is 56.9 Å². The molecular weight excluding hydrogens is 302 g/mol. The van der Waals surface area contributed by atoms with Gasteiger partial charge in [-0.05, 0) is 56.6 Å². The van der Waals surface area contributed by atoms with Crippen LogP contribution in [-0.4, -0.2) is 48.1 Å². The van der Waals surface area contributed by atoms with Crippen LogP contribution >= 0.6 is 0 Å². The van der Waals surface area contributed by atoms with Crippen LogP contribution in [-0.2, 0) is 4.74 Å². The van der Waals surface area contributed by atoms with Gasteiger partial charge in [0.15, 0.2) is 0 Å². The van der Waals surface area contributed by atoms with Gasteiger partial charge in [-0.1, -0.05) is 6.92 Å². The number of piperidine rings is 1. The molecular formula is C19H29N3O2. The number of hydrogen-bond acceptors (Lipinski definition) is 4. The summed E-state index contributed by atoms with van der Waals surface area (Å²) >= 11 is 0. The van der Waals surface area contributed by atoms with Crippen molar-refractivity contribution < 1.29 is 9.53 Å². The van der Waals surface area contributed by atoms with Gasteiger partial charge in [-0.15, -0.1) is 0 Å². The van der Waals surface area contributed by atoms with Crippen LogP contribution < -0.4 is 5.32 Å². The molecule has 1 aliphatic heterocycles. The predicted octanol–water partition coefficient (Wildman–Crippen LogP) is 3.32. The number of carbonyl (C=O) groups excluding carboxylic acids is 1. The molecule has 3 rings (SSSR count). The van der Waals surface area contributed by atoms with Gasteiger partial charge in [0.1, 0.15) is 5.82 Å². The normalized spacial score (nSPS) is 25.5. The van der Waals surface area contributed by atoms with E-state index in [1.165, 1.54) is 6.42 Å².